The third-order valence-electron chi connectivity index (χ3n) is 3.64. The molecule has 1 aromatic rings. The largest absolute Gasteiger partial charge is 0.510 e. The van der Waals surface area contributed by atoms with Crippen LogP contribution in [-0.2, 0) is 18.9 Å². The fourth-order valence-electron chi connectivity index (χ4n) is 2.27. The molecule has 1 saturated carbocycles. The summed E-state index contributed by atoms with van der Waals surface area (Å²) in [6.45, 7) is -0.0277. The van der Waals surface area contributed by atoms with Crippen molar-refractivity contribution in [2.75, 3.05) is 19.1 Å². The Kier molecular flexibility index (Phi) is 4.77. The second kappa shape index (κ2) is 6.97. The maximum atomic E-state index is 11.8. The summed E-state index contributed by atoms with van der Waals surface area (Å²) in [5.41, 5.74) is 4.99. The second-order valence-electron chi connectivity index (χ2n) is 5.52. The highest BCUT2D eigenvalue weighted by Gasteiger charge is 2.28. The summed E-state index contributed by atoms with van der Waals surface area (Å²) < 4.78 is 22.0. The molecule has 2 unspecified atom stereocenters. The Balaban J connectivity index is 1.40. The normalized spacial score (nSPS) is 23.7. The van der Waals surface area contributed by atoms with Gasteiger partial charge >= 0.3 is 11.8 Å². The zero-order valence-electron chi connectivity index (χ0n) is 12.6. The molecule has 1 aliphatic carbocycles. The van der Waals surface area contributed by atoms with Crippen molar-refractivity contribution in [3.63, 3.8) is 0 Å². The summed E-state index contributed by atoms with van der Waals surface area (Å²) in [5.74, 6) is 0.167. The molecule has 0 spiro atoms. The zero-order valence-corrected chi connectivity index (χ0v) is 12.6. The van der Waals surface area contributed by atoms with E-state index in [1.54, 1.807) is 6.20 Å². The first-order valence-corrected chi connectivity index (χ1v) is 7.53. The topological polar surface area (TPSA) is 115 Å². The van der Waals surface area contributed by atoms with Crippen LogP contribution in [0.3, 0.4) is 0 Å². The van der Waals surface area contributed by atoms with E-state index in [1.807, 2.05) is 0 Å². The number of aromatic nitrogens is 2. The fraction of sp³-hybridized carbons (Fsp3) is 0.643. The van der Waals surface area contributed by atoms with Crippen molar-refractivity contribution in [1.29, 1.82) is 0 Å². The molecule has 0 aromatic carbocycles. The number of hydrogen-bond acceptors (Lipinski definition) is 8. The Morgan fingerprint density at radius 1 is 1.35 bits per heavy atom. The molecule has 2 aliphatic rings. The van der Waals surface area contributed by atoms with Crippen LogP contribution >= 0.6 is 0 Å². The van der Waals surface area contributed by atoms with Crippen LogP contribution in [0, 0.1) is 0 Å². The van der Waals surface area contributed by atoms with Crippen molar-refractivity contribution < 1.29 is 23.7 Å². The number of carbonyl (C=O) groups is 1. The monoisotopic (exact) mass is 325 g/mol. The SMILES string of the molecule is Nc1ccn(C2CCC(COC(=O)OCOC3CC3)O2)c(=O)n1. The van der Waals surface area contributed by atoms with Crippen molar-refractivity contribution in [3.05, 3.63) is 22.7 Å². The van der Waals surface area contributed by atoms with E-state index in [0.717, 1.165) is 12.8 Å². The summed E-state index contributed by atoms with van der Waals surface area (Å²) in [6.07, 6.45) is 3.55. The number of carbonyl (C=O) groups excluding carboxylic acids is 1. The number of nitrogens with zero attached hydrogens (tertiary/aromatic N) is 2. The van der Waals surface area contributed by atoms with Gasteiger partial charge in [0.1, 0.15) is 18.7 Å². The maximum Gasteiger partial charge on any atom is 0.510 e. The number of nitrogen functional groups attached to an aromatic ring is 1. The molecule has 2 N–H and O–H groups in total. The molecule has 1 aromatic heterocycles. The minimum absolute atomic E-state index is 0.0654. The third-order valence-corrected chi connectivity index (χ3v) is 3.64. The van der Waals surface area contributed by atoms with Crippen LogP contribution in [0.1, 0.15) is 31.9 Å². The van der Waals surface area contributed by atoms with E-state index in [2.05, 4.69) is 4.98 Å². The van der Waals surface area contributed by atoms with Crippen LogP contribution in [0.5, 0.6) is 0 Å². The van der Waals surface area contributed by atoms with E-state index in [1.165, 1.54) is 10.6 Å². The molecule has 2 heterocycles. The van der Waals surface area contributed by atoms with Gasteiger partial charge in [-0.3, -0.25) is 4.57 Å². The van der Waals surface area contributed by atoms with E-state index in [4.69, 9.17) is 24.7 Å². The van der Waals surface area contributed by atoms with E-state index < -0.39 is 18.1 Å². The summed E-state index contributed by atoms with van der Waals surface area (Å²) in [5, 5.41) is 0. The number of ether oxygens (including phenoxy) is 4. The predicted octanol–water partition coefficient (Wildman–Crippen LogP) is 0.793. The Morgan fingerprint density at radius 2 is 2.17 bits per heavy atom. The molecular formula is C14H19N3O6. The molecule has 9 heteroatoms. The summed E-state index contributed by atoms with van der Waals surface area (Å²) in [4.78, 5) is 26.8. The Morgan fingerprint density at radius 3 is 2.91 bits per heavy atom. The van der Waals surface area contributed by atoms with Gasteiger partial charge in [0.15, 0.2) is 6.79 Å². The molecule has 0 radical (unpaired) electrons. The van der Waals surface area contributed by atoms with Crippen molar-refractivity contribution in [1.82, 2.24) is 9.55 Å². The fourth-order valence-corrected chi connectivity index (χ4v) is 2.27. The Bertz CT molecular complexity index is 615. The summed E-state index contributed by atoms with van der Waals surface area (Å²) in [7, 11) is 0. The molecule has 2 atom stereocenters. The van der Waals surface area contributed by atoms with Gasteiger partial charge in [-0.1, -0.05) is 0 Å². The van der Waals surface area contributed by atoms with Crippen LogP contribution < -0.4 is 11.4 Å². The Hall–Kier alpha value is -2.13. The molecule has 23 heavy (non-hydrogen) atoms. The first-order valence-electron chi connectivity index (χ1n) is 7.53. The number of rotatable bonds is 6. The van der Waals surface area contributed by atoms with Gasteiger partial charge < -0.3 is 24.7 Å². The molecule has 3 rings (SSSR count). The standard InChI is InChI=1S/C14H19N3O6/c15-11-5-6-17(13(18)16-11)12-4-3-10(23-12)7-20-14(19)22-8-21-9-1-2-9/h5-6,9-10,12H,1-4,7-8H2,(H2,15,16,18). The quantitative estimate of drug-likeness (QED) is 0.603. The molecule has 1 aliphatic heterocycles. The van der Waals surface area contributed by atoms with Crippen molar-refractivity contribution >= 4 is 12.0 Å². The molecular weight excluding hydrogens is 306 g/mol. The molecule has 126 valence electrons. The lowest BCUT2D eigenvalue weighted by atomic mass is 10.2. The van der Waals surface area contributed by atoms with Gasteiger partial charge in [-0.2, -0.15) is 4.98 Å². The highest BCUT2D eigenvalue weighted by molar-refractivity contribution is 5.59. The molecule has 1 saturated heterocycles. The van der Waals surface area contributed by atoms with Gasteiger partial charge in [0.25, 0.3) is 0 Å². The number of hydrogen-bond donors (Lipinski definition) is 1. The van der Waals surface area contributed by atoms with E-state index in [0.29, 0.717) is 12.8 Å². The molecule has 0 amide bonds. The highest BCUT2D eigenvalue weighted by atomic mass is 16.8. The van der Waals surface area contributed by atoms with E-state index in [9.17, 15) is 9.59 Å². The lowest BCUT2D eigenvalue weighted by Crippen LogP contribution is -2.28. The minimum Gasteiger partial charge on any atom is -0.431 e. The number of nitrogens with two attached hydrogens (primary N) is 1. The molecule has 0 bridgehead atoms. The van der Waals surface area contributed by atoms with Gasteiger partial charge in [-0.05, 0) is 31.7 Å². The maximum absolute atomic E-state index is 11.8. The van der Waals surface area contributed by atoms with Crippen LogP contribution in [0.4, 0.5) is 10.6 Å². The third kappa shape index (κ3) is 4.42. The first-order chi connectivity index (χ1) is 11.1. The molecule has 2 fully saturated rings. The average molecular weight is 325 g/mol. The lowest BCUT2D eigenvalue weighted by Gasteiger charge is -2.15. The Labute approximate surface area is 132 Å². The van der Waals surface area contributed by atoms with Gasteiger partial charge in [0, 0.05) is 6.20 Å². The van der Waals surface area contributed by atoms with E-state index in [-0.39, 0.29) is 31.4 Å². The van der Waals surface area contributed by atoms with Crippen molar-refractivity contribution in [2.45, 2.75) is 44.1 Å². The van der Waals surface area contributed by atoms with Crippen LogP contribution in [0.15, 0.2) is 17.1 Å². The van der Waals surface area contributed by atoms with E-state index >= 15 is 0 Å². The smallest absolute Gasteiger partial charge is 0.431 e. The van der Waals surface area contributed by atoms with Gasteiger partial charge in [-0.25, -0.2) is 9.59 Å². The zero-order chi connectivity index (χ0) is 16.2. The second-order valence-corrected chi connectivity index (χ2v) is 5.52. The van der Waals surface area contributed by atoms with Gasteiger partial charge in [-0.15, -0.1) is 0 Å². The minimum atomic E-state index is -0.788. The summed E-state index contributed by atoms with van der Waals surface area (Å²) >= 11 is 0. The first kappa shape index (κ1) is 15.8. The van der Waals surface area contributed by atoms with Crippen LogP contribution in [0.2, 0.25) is 0 Å². The van der Waals surface area contributed by atoms with Crippen LogP contribution in [0.25, 0.3) is 0 Å². The van der Waals surface area contributed by atoms with Gasteiger partial charge in [0.2, 0.25) is 0 Å². The average Bonchev–Trinajstić information content (AvgIpc) is 3.22. The summed E-state index contributed by atoms with van der Waals surface area (Å²) in [6, 6.07) is 1.53. The molecule has 9 nitrogen and oxygen atoms in total. The van der Waals surface area contributed by atoms with Crippen molar-refractivity contribution in [3.8, 4) is 0 Å². The number of anilines is 1. The lowest BCUT2D eigenvalue weighted by molar-refractivity contribution is -0.0705. The van der Waals surface area contributed by atoms with Gasteiger partial charge in [0.05, 0.1) is 12.2 Å². The van der Waals surface area contributed by atoms with Crippen LogP contribution in [-0.4, -0.2) is 41.3 Å². The highest BCUT2D eigenvalue weighted by Crippen LogP contribution is 2.27. The predicted molar refractivity (Wildman–Crippen MR) is 77.5 cm³/mol. The van der Waals surface area contributed by atoms with Crippen molar-refractivity contribution in [2.24, 2.45) is 0 Å².